The van der Waals surface area contributed by atoms with E-state index in [0.29, 0.717) is 31.7 Å². The van der Waals surface area contributed by atoms with E-state index in [9.17, 15) is 14.7 Å². The Morgan fingerprint density at radius 3 is 2.69 bits per heavy atom. The molecule has 0 aromatic heterocycles. The Balaban J connectivity index is 2.33. The number of carbonyl (C=O) groups excluding carboxylic acids is 2. The maximum Gasteiger partial charge on any atom is 0.225 e. The summed E-state index contributed by atoms with van der Waals surface area (Å²) in [5.74, 6) is 0.300. The number of hydrogen-bond donors (Lipinski definition) is 2. The van der Waals surface area contributed by atoms with Gasteiger partial charge in [0, 0.05) is 37.1 Å². The van der Waals surface area contributed by atoms with Gasteiger partial charge in [-0.15, -0.1) is 0 Å². The standard InChI is InChI=1S/C20H30N2O4/c1-5-22-17(24)11-10-15(19(25)21-12-20(2,3)13-23)18(22)14-8-6-7-9-16(14)26-4/h6-9,15,18,23H,5,10-13H2,1-4H3,(H,21,25)/t15-,18+/m1/s1. The minimum Gasteiger partial charge on any atom is -0.496 e. The quantitative estimate of drug-likeness (QED) is 0.779. The van der Waals surface area contributed by atoms with Gasteiger partial charge in [0.2, 0.25) is 11.8 Å². The summed E-state index contributed by atoms with van der Waals surface area (Å²) < 4.78 is 5.48. The number of para-hydroxylation sites is 1. The van der Waals surface area contributed by atoms with Crippen LogP contribution in [-0.4, -0.2) is 48.6 Å². The molecule has 0 aliphatic carbocycles. The third kappa shape index (κ3) is 4.36. The predicted molar refractivity (Wildman–Crippen MR) is 99.7 cm³/mol. The molecule has 1 aliphatic rings. The van der Waals surface area contributed by atoms with Crippen molar-refractivity contribution in [2.45, 2.75) is 39.7 Å². The largest absolute Gasteiger partial charge is 0.496 e. The van der Waals surface area contributed by atoms with Crippen molar-refractivity contribution in [3.05, 3.63) is 29.8 Å². The van der Waals surface area contributed by atoms with Gasteiger partial charge < -0.3 is 20.1 Å². The number of aliphatic hydroxyl groups excluding tert-OH is 1. The number of methoxy groups -OCH3 is 1. The molecular weight excluding hydrogens is 332 g/mol. The summed E-state index contributed by atoms with van der Waals surface area (Å²) >= 11 is 0. The van der Waals surface area contributed by atoms with Crippen molar-refractivity contribution >= 4 is 11.8 Å². The van der Waals surface area contributed by atoms with E-state index in [1.807, 2.05) is 45.0 Å². The molecular formula is C20H30N2O4. The molecule has 1 aromatic carbocycles. The van der Waals surface area contributed by atoms with Crippen molar-refractivity contribution in [3.8, 4) is 5.75 Å². The van der Waals surface area contributed by atoms with Crippen LogP contribution < -0.4 is 10.1 Å². The molecule has 1 heterocycles. The number of piperidine rings is 1. The number of benzene rings is 1. The van der Waals surface area contributed by atoms with Crippen LogP contribution in [0.4, 0.5) is 0 Å². The molecule has 0 spiro atoms. The molecule has 6 nitrogen and oxygen atoms in total. The SMILES string of the molecule is CCN1C(=O)CC[C@@H](C(=O)NCC(C)(C)CO)[C@@H]1c1ccccc1OC. The van der Waals surface area contributed by atoms with Gasteiger partial charge in [-0.2, -0.15) is 0 Å². The van der Waals surface area contributed by atoms with Crippen LogP contribution in [-0.2, 0) is 9.59 Å². The molecule has 2 amide bonds. The molecule has 1 saturated heterocycles. The maximum absolute atomic E-state index is 12.9. The molecule has 0 saturated carbocycles. The van der Waals surface area contributed by atoms with Crippen molar-refractivity contribution in [1.82, 2.24) is 10.2 Å². The fourth-order valence-electron chi connectivity index (χ4n) is 3.41. The van der Waals surface area contributed by atoms with Gasteiger partial charge in [0.15, 0.2) is 0 Å². The highest BCUT2D eigenvalue weighted by atomic mass is 16.5. The summed E-state index contributed by atoms with van der Waals surface area (Å²) in [7, 11) is 1.60. The van der Waals surface area contributed by atoms with E-state index in [-0.39, 0.29) is 35.8 Å². The summed E-state index contributed by atoms with van der Waals surface area (Å²) in [4.78, 5) is 27.2. The summed E-state index contributed by atoms with van der Waals surface area (Å²) in [6.07, 6.45) is 0.865. The Hall–Kier alpha value is -2.08. The Bertz CT molecular complexity index is 644. The van der Waals surface area contributed by atoms with E-state index in [0.717, 1.165) is 5.56 Å². The van der Waals surface area contributed by atoms with Crippen molar-refractivity contribution in [2.24, 2.45) is 11.3 Å². The van der Waals surface area contributed by atoms with E-state index in [2.05, 4.69) is 5.32 Å². The highest BCUT2D eigenvalue weighted by molar-refractivity contribution is 5.85. The number of nitrogens with one attached hydrogen (secondary N) is 1. The van der Waals surface area contributed by atoms with Gasteiger partial charge in [0.05, 0.1) is 19.1 Å². The van der Waals surface area contributed by atoms with Crippen LogP contribution in [0.5, 0.6) is 5.75 Å². The van der Waals surface area contributed by atoms with Gasteiger partial charge in [-0.1, -0.05) is 32.0 Å². The van der Waals surface area contributed by atoms with Gasteiger partial charge in [-0.25, -0.2) is 0 Å². The van der Waals surface area contributed by atoms with E-state index < -0.39 is 0 Å². The number of rotatable bonds is 7. The van der Waals surface area contributed by atoms with Gasteiger partial charge in [0.25, 0.3) is 0 Å². The van der Waals surface area contributed by atoms with Crippen molar-refractivity contribution in [1.29, 1.82) is 0 Å². The van der Waals surface area contributed by atoms with E-state index in [4.69, 9.17) is 4.74 Å². The highest BCUT2D eigenvalue weighted by Crippen LogP contribution is 2.40. The molecule has 26 heavy (non-hydrogen) atoms. The Labute approximate surface area is 155 Å². The lowest BCUT2D eigenvalue weighted by Crippen LogP contribution is -2.49. The Morgan fingerprint density at radius 2 is 2.08 bits per heavy atom. The number of aliphatic hydroxyl groups is 1. The Morgan fingerprint density at radius 1 is 1.38 bits per heavy atom. The van der Waals surface area contributed by atoms with Crippen molar-refractivity contribution in [3.63, 3.8) is 0 Å². The van der Waals surface area contributed by atoms with Gasteiger partial charge in [0.1, 0.15) is 5.75 Å². The number of ether oxygens (including phenoxy) is 1. The van der Waals surface area contributed by atoms with Gasteiger partial charge >= 0.3 is 0 Å². The van der Waals surface area contributed by atoms with Crippen LogP contribution in [0.25, 0.3) is 0 Å². The molecule has 2 N–H and O–H groups in total. The first kappa shape index (κ1) is 20.2. The zero-order valence-electron chi connectivity index (χ0n) is 16.1. The van der Waals surface area contributed by atoms with Gasteiger partial charge in [-0.3, -0.25) is 9.59 Å². The van der Waals surface area contributed by atoms with Crippen LogP contribution in [0.2, 0.25) is 0 Å². The average molecular weight is 362 g/mol. The molecule has 0 bridgehead atoms. The first-order chi connectivity index (χ1) is 12.3. The number of nitrogens with zero attached hydrogens (tertiary/aromatic N) is 1. The van der Waals surface area contributed by atoms with Crippen molar-refractivity contribution < 1.29 is 19.4 Å². The molecule has 0 radical (unpaired) electrons. The lowest BCUT2D eigenvalue weighted by atomic mass is 9.83. The summed E-state index contributed by atoms with van der Waals surface area (Å²) in [5, 5.41) is 12.4. The number of hydrogen-bond acceptors (Lipinski definition) is 4. The topological polar surface area (TPSA) is 78.9 Å². The molecule has 1 aromatic rings. The zero-order chi connectivity index (χ0) is 19.3. The van der Waals surface area contributed by atoms with E-state index in [1.54, 1.807) is 12.0 Å². The number of carbonyl (C=O) groups is 2. The molecule has 144 valence electrons. The lowest BCUT2D eigenvalue weighted by molar-refractivity contribution is -0.143. The predicted octanol–water partition coefficient (Wildman–Crippen LogP) is 2.13. The third-order valence-corrected chi connectivity index (χ3v) is 5.01. The molecule has 0 unspecified atom stereocenters. The van der Waals surface area contributed by atoms with Crippen LogP contribution in [0.15, 0.2) is 24.3 Å². The molecule has 2 atom stereocenters. The minimum absolute atomic E-state index is 0.00649. The highest BCUT2D eigenvalue weighted by Gasteiger charge is 2.41. The average Bonchev–Trinajstić information content (AvgIpc) is 2.65. The molecule has 2 rings (SSSR count). The monoisotopic (exact) mass is 362 g/mol. The van der Waals surface area contributed by atoms with Crippen LogP contribution in [0.1, 0.15) is 45.2 Å². The summed E-state index contributed by atoms with van der Waals surface area (Å²) in [5.41, 5.74) is 0.469. The number of amides is 2. The first-order valence-electron chi connectivity index (χ1n) is 9.15. The lowest BCUT2D eigenvalue weighted by Gasteiger charge is -2.41. The van der Waals surface area contributed by atoms with Crippen molar-refractivity contribution in [2.75, 3.05) is 26.8 Å². The smallest absolute Gasteiger partial charge is 0.225 e. The fraction of sp³-hybridized carbons (Fsp3) is 0.600. The second-order valence-electron chi connectivity index (χ2n) is 7.55. The zero-order valence-corrected chi connectivity index (χ0v) is 16.1. The summed E-state index contributed by atoms with van der Waals surface area (Å²) in [6.45, 7) is 6.63. The molecule has 1 fully saturated rings. The van der Waals surface area contributed by atoms with Crippen LogP contribution >= 0.6 is 0 Å². The number of likely N-dealkylation sites (tertiary alicyclic amines) is 1. The molecule has 1 aliphatic heterocycles. The third-order valence-electron chi connectivity index (χ3n) is 5.01. The minimum atomic E-state index is -0.384. The van der Waals surface area contributed by atoms with E-state index >= 15 is 0 Å². The van der Waals surface area contributed by atoms with Gasteiger partial charge in [-0.05, 0) is 19.4 Å². The second-order valence-corrected chi connectivity index (χ2v) is 7.55. The maximum atomic E-state index is 12.9. The normalized spacial score (nSPS) is 20.8. The molecule has 6 heteroatoms. The van der Waals surface area contributed by atoms with E-state index in [1.165, 1.54) is 0 Å². The van der Waals surface area contributed by atoms with Crippen LogP contribution in [0, 0.1) is 11.3 Å². The van der Waals surface area contributed by atoms with Crippen LogP contribution in [0.3, 0.4) is 0 Å². The summed E-state index contributed by atoms with van der Waals surface area (Å²) in [6, 6.07) is 7.19. The first-order valence-corrected chi connectivity index (χ1v) is 9.15. The Kier molecular flexibility index (Phi) is 6.64. The fourth-order valence-corrected chi connectivity index (χ4v) is 3.41. The second kappa shape index (κ2) is 8.54.